The number of hydrogen-bond acceptors (Lipinski definition) is 2. The van der Waals surface area contributed by atoms with E-state index in [2.05, 4.69) is 15.9 Å². The van der Waals surface area contributed by atoms with Crippen molar-refractivity contribution in [3.63, 3.8) is 0 Å². The minimum atomic E-state index is 0.310. The van der Waals surface area contributed by atoms with Gasteiger partial charge in [-0.15, -0.1) is 11.8 Å². The van der Waals surface area contributed by atoms with E-state index in [0.29, 0.717) is 11.7 Å². The lowest BCUT2D eigenvalue weighted by Crippen LogP contribution is -2.26. The highest BCUT2D eigenvalue weighted by molar-refractivity contribution is 9.09. The molecule has 1 aliphatic heterocycles. The van der Waals surface area contributed by atoms with Crippen LogP contribution >= 0.6 is 27.7 Å². The molecule has 0 bridgehead atoms. The molecule has 0 aromatic carbocycles. The number of hydrogen-bond donors (Lipinski definition) is 0. The summed E-state index contributed by atoms with van der Waals surface area (Å²) in [6.45, 7) is 0.942. The number of alkyl halides is 1. The summed E-state index contributed by atoms with van der Waals surface area (Å²) in [5.74, 6) is 1.90. The summed E-state index contributed by atoms with van der Waals surface area (Å²) < 4.78 is 0. The van der Waals surface area contributed by atoms with E-state index >= 15 is 0 Å². The lowest BCUT2D eigenvalue weighted by Gasteiger charge is -2.13. The Morgan fingerprint density at radius 3 is 2.91 bits per heavy atom. The van der Waals surface area contributed by atoms with E-state index < -0.39 is 0 Å². The average molecular weight is 238 g/mol. The first-order valence-electron chi connectivity index (χ1n) is 3.76. The maximum absolute atomic E-state index is 11.1. The van der Waals surface area contributed by atoms with Crippen LogP contribution in [-0.4, -0.2) is 34.3 Å². The van der Waals surface area contributed by atoms with Crippen molar-refractivity contribution in [2.45, 2.75) is 12.8 Å². The summed E-state index contributed by atoms with van der Waals surface area (Å²) in [6.07, 6.45) is 2.28. The molecular formula is C7H12BrNOS. The quantitative estimate of drug-likeness (QED) is 0.548. The lowest BCUT2D eigenvalue weighted by molar-refractivity contribution is -0.126. The summed E-state index contributed by atoms with van der Waals surface area (Å²) in [5, 5.41) is 1.04. The van der Waals surface area contributed by atoms with Gasteiger partial charge in [0, 0.05) is 11.9 Å². The molecule has 11 heavy (non-hydrogen) atoms. The van der Waals surface area contributed by atoms with Crippen LogP contribution in [0.2, 0.25) is 0 Å². The molecule has 0 aromatic rings. The predicted molar refractivity (Wildman–Crippen MR) is 52.1 cm³/mol. The van der Waals surface area contributed by atoms with Gasteiger partial charge in [-0.05, 0) is 12.8 Å². The van der Waals surface area contributed by atoms with Gasteiger partial charge in [0.15, 0.2) is 0 Å². The van der Waals surface area contributed by atoms with Gasteiger partial charge in [0.1, 0.15) is 0 Å². The normalized spacial score (nSPS) is 17.9. The SMILES string of the molecule is O=C1CSCN1CCCCBr. The van der Waals surface area contributed by atoms with Gasteiger partial charge in [0.05, 0.1) is 11.6 Å². The van der Waals surface area contributed by atoms with Crippen molar-refractivity contribution in [2.75, 3.05) is 23.5 Å². The summed E-state index contributed by atoms with van der Waals surface area (Å²) in [5.41, 5.74) is 0. The van der Waals surface area contributed by atoms with Crippen LogP contribution in [0.15, 0.2) is 0 Å². The number of carbonyl (C=O) groups excluding carboxylic acids is 1. The molecule has 1 fully saturated rings. The standard InChI is InChI=1S/C7H12BrNOS/c8-3-1-2-4-9-6-11-5-7(9)10/h1-6H2. The van der Waals surface area contributed by atoms with E-state index in [1.807, 2.05) is 4.90 Å². The molecule has 0 atom stereocenters. The molecule has 0 radical (unpaired) electrons. The van der Waals surface area contributed by atoms with E-state index in [0.717, 1.165) is 30.6 Å². The van der Waals surface area contributed by atoms with Crippen LogP contribution in [-0.2, 0) is 4.79 Å². The Morgan fingerprint density at radius 2 is 2.36 bits per heavy atom. The van der Waals surface area contributed by atoms with Crippen LogP contribution in [0.25, 0.3) is 0 Å². The van der Waals surface area contributed by atoms with E-state index in [4.69, 9.17) is 0 Å². The second-order valence-corrected chi connectivity index (χ2v) is 4.28. The van der Waals surface area contributed by atoms with Crippen molar-refractivity contribution in [2.24, 2.45) is 0 Å². The van der Waals surface area contributed by atoms with Crippen molar-refractivity contribution in [1.82, 2.24) is 4.90 Å². The fourth-order valence-corrected chi connectivity index (χ4v) is 2.33. The fraction of sp³-hybridized carbons (Fsp3) is 0.857. The highest BCUT2D eigenvalue weighted by Gasteiger charge is 2.19. The van der Waals surface area contributed by atoms with Gasteiger partial charge in [0.2, 0.25) is 5.91 Å². The fourth-order valence-electron chi connectivity index (χ4n) is 0.993. The Kier molecular flexibility index (Phi) is 4.30. The molecule has 0 spiro atoms. The molecule has 1 rings (SSSR count). The van der Waals surface area contributed by atoms with Crippen molar-refractivity contribution in [3.05, 3.63) is 0 Å². The topological polar surface area (TPSA) is 20.3 Å². The summed E-state index contributed by atoms with van der Waals surface area (Å²) in [7, 11) is 0. The first-order chi connectivity index (χ1) is 5.34. The van der Waals surface area contributed by atoms with E-state index in [1.165, 1.54) is 0 Å². The number of halogens is 1. The molecule has 0 saturated carbocycles. The molecule has 0 aliphatic carbocycles. The molecular weight excluding hydrogens is 226 g/mol. The molecule has 0 unspecified atom stereocenters. The minimum absolute atomic E-state index is 0.310. The lowest BCUT2D eigenvalue weighted by atomic mass is 10.3. The van der Waals surface area contributed by atoms with Crippen LogP contribution < -0.4 is 0 Å². The van der Waals surface area contributed by atoms with Crippen molar-refractivity contribution in [1.29, 1.82) is 0 Å². The number of amides is 1. The van der Waals surface area contributed by atoms with Gasteiger partial charge in [-0.2, -0.15) is 0 Å². The largest absolute Gasteiger partial charge is 0.333 e. The Hall–Kier alpha value is 0.300. The molecule has 2 nitrogen and oxygen atoms in total. The second-order valence-electron chi connectivity index (χ2n) is 2.53. The third kappa shape index (κ3) is 3.03. The van der Waals surface area contributed by atoms with Gasteiger partial charge in [0.25, 0.3) is 0 Å². The minimum Gasteiger partial charge on any atom is -0.333 e. The van der Waals surface area contributed by atoms with Crippen molar-refractivity contribution in [3.8, 4) is 0 Å². The highest BCUT2D eigenvalue weighted by atomic mass is 79.9. The summed E-state index contributed by atoms with van der Waals surface area (Å²) >= 11 is 5.08. The first-order valence-corrected chi connectivity index (χ1v) is 6.03. The third-order valence-corrected chi connectivity index (χ3v) is 3.14. The van der Waals surface area contributed by atoms with Crippen molar-refractivity contribution < 1.29 is 4.79 Å². The second kappa shape index (κ2) is 5.04. The number of thioether (sulfide) groups is 1. The molecule has 1 amide bonds. The number of rotatable bonds is 4. The smallest absolute Gasteiger partial charge is 0.233 e. The zero-order valence-corrected chi connectivity index (χ0v) is 8.79. The molecule has 4 heteroatoms. The first kappa shape index (κ1) is 9.39. The number of carbonyl (C=O) groups is 1. The van der Waals surface area contributed by atoms with E-state index in [-0.39, 0.29) is 0 Å². The van der Waals surface area contributed by atoms with Crippen LogP contribution in [0.3, 0.4) is 0 Å². The highest BCUT2D eigenvalue weighted by Crippen LogP contribution is 2.15. The van der Waals surface area contributed by atoms with Crippen LogP contribution in [0.1, 0.15) is 12.8 Å². The van der Waals surface area contributed by atoms with Crippen LogP contribution in [0.4, 0.5) is 0 Å². The van der Waals surface area contributed by atoms with Crippen molar-refractivity contribution >= 4 is 33.6 Å². The Labute approximate surface area is 79.8 Å². The monoisotopic (exact) mass is 237 g/mol. The summed E-state index contributed by atoms with van der Waals surface area (Å²) in [4.78, 5) is 13.0. The maximum Gasteiger partial charge on any atom is 0.233 e. The zero-order chi connectivity index (χ0) is 8.10. The van der Waals surface area contributed by atoms with Gasteiger partial charge >= 0.3 is 0 Å². The third-order valence-electron chi connectivity index (χ3n) is 1.64. The molecule has 1 heterocycles. The summed E-state index contributed by atoms with van der Waals surface area (Å²) in [6, 6.07) is 0. The van der Waals surface area contributed by atoms with Crippen LogP contribution in [0.5, 0.6) is 0 Å². The molecule has 0 aromatic heterocycles. The molecule has 64 valence electrons. The molecule has 1 saturated heterocycles. The molecule has 0 N–H and O–H groups in total. The van der Waals surface area contributed by atoms with Crippen LogP contribution in [0, 0.1) is 0 Å². The van der Waals surface area contributed by atoms with Gasteiger partial charge < -0.3 is 4.90 Å². The maximum atomic E-state index is 11.1. The zero-order valence-electron chi connectivity index (χ0n) is 6.38. The Balaban J connectivity index is 2.10. The van der Waals surface area contributed by atoms with Gasteiger partial charge in [-0.3, -0.25) is 4.79 Å². The predicted octanol–water partition coefficient (Wildman–Crippen LogP) is 1.69. The van der Waals surface area contributed by atoms with Gasteiger partial charge in [-0.1, -0.05) is 15.9 Å². The van der Waals surface area contributed by atoms with E-state index in [1.54, 1.807) is 11.8 Å². The number of unbranched alkanes of at least 4 members (excludes halogenated alkanes) is 1. The molecule has 1 aliphatic rings. The Bertz CT molecular complexity index is 142. The van der Waals surface area contributed by atoms with E-state index in [9.17, 15) is 4.79 Å². The Morgan fingerprint density at radius 1 is 1.55 bits per heavy atom. The van der Waals surface area contributed by atoms with Gasteiger partial charge in [-0.25, -0.2) is 0 Å². The number of nitrogens with zero attached hydrogens (tertiary/aromatic N) is 1. The average Bonchev–Trinajstić information content (AvgIpc) is 2.37.